The third kappa shape index (κ3) is 2.88. The third-order valence-corrected chi connectivity index (χ3v) is 3.90. The summed E-state index contributed by atoms with van der Waals surface area (Å²) in [5, 5.41) is 9.16. The van der Waals surface area contributed by atoms with Gasteiger partial charge in [0.25, 0.3) is 5.89 Å². The van der Waals surface area contributed by atoms with E-state index in [4.69, 9.17) is 25.2 Å². The molecule has 0 spiro atoms. The molecule has 0 aliphatic rings. The summed E-state index contributed by atoms with van der Waals surface area (Å²) in [6.07, 6.45) is 0. The Hall–Kier alpha value is -3.12. The number of aromatic nitrogens is 2. The fraction of sp³-hybridized carbons (Fsp3) is 0.0556. The second kappa shape index (κ2) is 6.07. The topological polar surface area (TPSA) is 78.4 Å². The van der Waals surface area contributed by atoms with Gasteiger partial charge in [-0.1, -0.05) is 17.7 Å². The number of benzene rings is 2. The molecule has 7 heteroatoms. The lowest BCUT2D eigenvalue weighted by atomic mass is 10.2. The Kier molecular flexibility index (Phi) is 3.74. The van der Waals surface area contributed by atoms with E-state index < -0.39 is 5.63 Å². The molecule has 0 bridgehead atoms. The van der Waals surface area contributed by atoms with Gasteiger partial charge in [-0.3, -0.25) is 0 Å². The van der Waals surface area contributed by atoms with Crippen LogP contribution < -0.4 is 10.4 Å². The van der Waals surface area contributed by atoms with Gasteiger partial charge in [-0.05, 0) is 42.5 Å². The van der Waals surface area contributed by atoms with Crippen molar-refractivity contribution in [2.45, 2.75) is 0 Å². The van der Waals surface area contributed by atoms with Crippen molar-refractivity contribution in [1.29, 1.82) is 0 Å². The number of ether oxygens (including phenoxy) is 1. The second-order valence-corrected chi connectivity index (χ2v) is 5.71. The highest BCUT2D eigenvalue weighted by Gasteiger charge is 2.16. The summed E-state index contributed by atoms with van der Waals surface area (Å²) in [6, 6.07) is 13.8. The van der Waals surface area contributed by atoms with E-state index in [0.717, 1.165) is 0 Å². The normalized spacial score (nSPS) is 11.0. The molecule has 0 amide bonds. The third-order valence-electron chi connectivity index (χ3n) is 3.67. The predicted octanol–water partition coefficient (Wildman–Crippen LogP) is 4.17. The van der Waals surface area contributed by atoms with E-state index in [1.807, 2.05) is 18.2 Å². The Balaban J connectivity index is 1.80. The number of hydrogen-bond acceptors (Lipinski definition) is 6. The summed E-state index contributed by atoms with van der Waals surface area (Å²) in [5.41, 5.74) is 0.740. The Morgan fingerprint density at radius 2 is 1.84 bits per heavy atom. The largest absolute Gasteiger partial charge is 0.497 e. The lowest BCUT2D eigenvalue weighted by molar-refractivity contribution is 0.415. The first kappa shape index (κ1) is 15.4. The van der Waals surface area contributed by atoms with Gasteiger partial charge in [0.15, 0.2) is 0 Å². The van der Waals surface area contributed by atoms with E-state index in [9.17, 15) is 4.79 Å². The SMILES string of the molecule is COc1cccc(-c2nnc(-c3cc4cc(Cl)ccc4oc3=O)o2)c1. The maximum absolute atomic E-state index is 12.2. The predicted molar refractivity (Wildman–Crippen MR) is 92.8 cm³/mol. The molecule has 0 saturated carbocycles. The number of methoxy groups -OCH3 is 1. The molecule has 2 aromatic heterocycles. The summed E-state index contributed by atoms with van der Waals surface area (Å²) < 4.78 is 16.1. The van der Waals surface area contributed by atoms with Gasteiger partial charge in [0, 0.05) is 16.0 Å². The summed E-state index contributed by atoms with van der Waals surface area (Å²) in [7, 11) is 1.57. The van der Waals surface area contributed by atoms with Crippen LogP contribution >= 0.6 is 11.6 Å². The molecular weight excluding hydrogens is 344 g/mol. The van der Waals surface area contributed by atoms with Crippen LogP contribution in [0.2, 0.25) is 5.02 Å². The molecule has 124 valence electrons. The lowest BCUT2D eigenvalue weighted by Gasteiger charge is -2.00. The molecule has 0 atom stereocenters. The van der Waals surface area contributed by atoms with Gasteiger partial charge >= 0.3 is 5.63 Å². The van der Waals surface area contributed by atoms with Gasteiger partial charge in [0.2, 0.25) is 5.89 Å². The van der Waals surface area contributed by atoms with E-state index in [2.05, 4.69) is 10.2 Å². The van der Waals surface area contributed by atoms with Gasteiger partial charge in [-0.15, -0.1) is 10.2 Å². The number of fused-ring (bicyclic) bond motifs is 1. The summed E-state index contributed by atoms with van der Waals surface area (Å²) in [4.78, 5) is 12.2. The molecule has 0 N–H and O–H groups in total. The molecule has 4 aromatic rings. The Morgan fingerprint density at radius 3 is 2.68 bits per heavy atom. The van der Waals surface area contributed by atoms with E-state index in [1.165, 1.54) is 0 Å². The van der Waals surface area contributed by atoms with Gasteiger partial charge in [-0.25, -0.2) is 4.79 Å². The van der Waals surface area contributed by atoms with Crippen LogP contribution in [0.15, 0.2) is 62.2 Å². The maximum Gasteiger partial charge on any atom is 0.349 e. The van der Waals surface area contributed by atoms with Gasteiger partial charge in [-0.2, -0.15) is 0 Å². The summed E-state index contributed by atoms with van der Waals surface area (Å²) in [5.74, 6) is 1.02. The van der Waals surface area contributed by atoms with Crippen molar-refractivity contribution in [1.82, 2.24) is 10.2 Å². The number of rotatable bonds is 3. The minimum absolute atomic E-state index is 0.0773. The Labute approximate surface area is 146 Å². The van der Waals surface area contributed by atoms with E-state index in [-0.39, 0.29) is 17.3 Å². The van der Waals surface area contributed by atoms with Gasteiger partial charge < -0.3 is 13.6 Å². The molecule has 4 rings (SSSR count). The van der Waals surface area contributed by atoms with Crippen LogP contribution in [-0.2, 0) is 0 Å². The fourth-order valence-corrected chi connectivity index (χ4v) is 2.63. The molecule has 0 aliphatic carbocycles. The first-order valence-corrected chi connectivity index (χ1v) is 7.73. The van der Waals surface area contributed by atoms with Crippen LogP contribution in [0, 0.1) is 0 Å². The lowest BCUT2D eigenvalue weighted by Crippen LogP contribution is -2.02. The van der Waals surface area contributed by atoms with Crippen molar-refractivity contribution in [3.63, 3.8) is 0 Å². The van der Waals surface area contributed by atoms with E-state index in [1.54, 1.807) is 37.4 Å². The fourth-order valence-electron chi connectivity index (χ4n) is 2.45. The van der Waals surface area contributed by atoms with Crippen LogP contribution in [0.25, 0.3) is 33.9 Å². The summed E-state index contributed by atoms with van der Waals surface area (Å²) in [6.45, 7) is 0. The van der Waals surface area contributed by atoms with Crippen molar-refractivity contribution < 1.29 is 13.6 Å². The molecule has 25 heavy (non-hydrogen) atoms. The standard InChI is InChI=1S/C18H11ClN2O4/c1-23-13-4-2-3-10(8-13)16-20-21-17(25-16)14-9-11-7-12(19)5-6-15(11)24-18(14)22/h2-9H,1H3. The molecule has 6 nitrogen and oxygen atoms in total. The number of hydrogen-bond donors (Lipinski definition) is 0. The average molecular weight is 355 g/mol. The second-order valence-electron chi connectivity index (χ2n) is 5.27. The molecule has 0 fully saturated rings. The van der Waals surface area contributed by atoms with Gasteiger partial charge in [0.05, 0.1) is 7.11 Å². The minimum atomic E-state index is -0.560. The maximum atomic E-state index is 12.2. The molecular formula is C18H11ClN2O4. The minimum Gasteiger partial charge on any atom is -0.497 e. The molecule has 0 radical (unpaired) electrons. The van der Waals surface area contributed by atoms with Crippen LogP contribution in [0.1, 0.15) is 0 Å². The van der Waals surface area contributed by atoms with Crippen LogP contribution in [0.4, 0.5) is 0 Å². The van der Waals surface area contributed by atoms with Crippen molar-refractivity contribution in [2.24, 2.45) is 0 Å². The van der Waals surface area contributed by atoms with Crippen LogP contribution in [-0.4, -0.2) is 17.3 Å². The molecule has 0 aliphatic heterocycles. The zero-order valence-electron chi connectivity index (χ0n) is 13.0. The van der Waals surface area contributed by atoms with Crippen LogP contribution in [0.5, 0.6) is 5.75 Å². The van der Waals surface area contributed by atoms with Crippen molar-refractivity contribution in [3.8, 4) is 28.7 Å². The molecule has 2 aromatic carbocycles. The molecule has 0 saturated heterocycles. The highest BCUT2D eigenvalue weighted by molar-refractivity contribution is 6.31. The first-order valence-electron chi connectivity index (χ1n) is 7.36. The van der Waals surface area contributed by atoms with Crippen LogP contribution in [0.3, 0.4) is 0 Å². The highest BCUT2D eigenvalue weighted by Crippen LogP contribution is 2.27. The quantitative estimate of drug-likeness (QED) is 0.514. The monoisotopic (exact) mass is 354 g/mol. The van der Waals surface area contributed by atoms with Crippen molar-refractivity contribution in [2.75, 3.05) is 7.11 Å². The number of nitrogens with zero attached hydrogens (tertiary/aromatic N) is 2. The molecule has 0 unspecified atom stereocenters. The Bertz CT molecular complexity index is 1130. The van der Waals surface area contributed by atoms with Gasteiger partial charge in [0.1, 0.15) is 16.9 Å². The summed E-state index contributed by atoms with van der Waals surface area (Å²) >= 11 is 5.99. The van der Waals surface area contributed by atoms with E-state index >= 15 is 0 Å². The number of halogens is 1. The smallest absolute Gasteiger partial charge is 0.349 e. The zero-order valence-corrected chi connectivity index (χ0v) is 13.8. The van der Waals surface area contributed by atoms with E-state index in [0.29, 0.717) is 27.3 Å². The van der Waals surface area contributed by atoms with Crippen molar-refractivity contribution >= 4 is 22.6 Å². The first-order chi connectivity index (χ1) is 12.1. The highest BCUT2D eigenvalue weighted by atomic mass is 35.5. The Morgan fingerprint density at radius 1 is 1.00 bits per heavy atom. The molecule has 2 heterocycles. The van der Waals surface area contributed by atoms with Crippen molar-refractivity contribution in [3.05, 3.63) is 64.0 Å². The average Bonchev–Trinajstić information content (AvgIpc) is 3.11. The zero-order chi connectivity index (χ0) is 17.4.